The summed E-state index contributed by atoms with van der Waals surface area (Å²) >= 11 is 3.41. The topological polar surface area (TPSA) is 29.5 Å². The zero-order valence-electron chi connectivity index (χ0n) is 10.4. The Labute approximate surface area is 115 Å². The van der Waals surface area contributed by atoms with Crippen LogP contribution in [0.3, 0.4) is 0 Å². The Hall–Kier alpha value is -1.48. The molecule has 18 heavy (non-hydrogen) atoms. The highest BCUT2D eigenvalue weighted by molar-refractivity contribution is 9.10. The van der Waals surface area contributed by atoms with Crippen LogP contribution in [0.25, 0.3) is 0 Å². The van der Waals surface area contributed by atoms with Gasteiger partial charge in [0.25, 0.3) is 0 Å². The first-order chi connectivity index (χ1) is 8.59. The monoisotopic (exact) mass is 306 g/mol. The first-order valence-electron chi connectivity index (χ1n) is 5.75. The molecule has 0 aromatic heterocycles. The van der Waals surface area contributed by atoms with Gasteiger partial charge in [-0.05, 0) is 36.6 Å². The fourth-order valence-corrected chi connectivity index (χ4v) is 2.26. The highest BCUT2D eigenvalue weighted by Gasteiger charge is 2.12. The summed E-state index contributed by atoms with van der Waals surface area (Å²) < 4.78 is 6.61. The molecule has 0 aliphatic heterocycles. The van der Waals surface area contributed by atoms with Gasteiger partial charge in [-0.15, -0.1) is 0 Å². The lowest BCUT2D eigenvalue weighted by Gasteiger charge is -2.14. The average molecular weight is 307 g/mol. The van der Waals surface area contributed by atoms with Gasteiger partial charge in [0.1, 0.15) is 6.61 Å². The first-order valence-corrected chi connectivity index (χ1v) is 6.54. The predicted octanol–water partition coefficient (Wildman–Crippen LogP) is 4.35. The fourth-order valence-electron chi connectivity index (χ4n) is 1.75. The summed E-state index contributed by atoms with van der Waals surface area (Å²) in [6.07, 6.45) is 0. The Balaban J connectivity index is 2.22. The molecule has 0 unspecified atom stereocenters. The molecule has 2 aromatic rings. The molecule has 2 rings (SSSR count). The standard InChI is InChI=1S/C15H15BrO2/c1-10-11(2)15(14(17)8-13(10)16)18-9-12-6-4-3-5-7-12/h3-8,17H,9H2,1-2H3. The summed E-state index contributed by atoms with van der Waals surface area (Å²) in [7, 11) is 0. The SMILES string of the molecule is Cc1c(Br)cc(O)c(OCc2ccccc2)c1C. The Morgan fingerprint density at radius 1 is 1.11 bits per heavy atom. The summed E-state index contributed by atoms with van der Waals surface area (Å²) in [4.78, 5) is 0. The third-order valence-corrected chi connectivity index (χ3v) is 3.81. The van der Waals surface area contributed by atoms with Gasteiger partial charge in [0.2, 0.25) is 0 Å². The molecule has 0 atom stereocenters. The van der Waals surface area contributed by atoms with Crippen LogP contribution in [0.1, 0.15) is 16.7 Å². The molecule has 2 nitrogen and oxygen atoms in total. The third-order valence-electron chi connectivity index (χ3n) is 2.98. The van der Waals surface area contributed by atoms with Crippen molar-refractivity contribution in [1.82, 2.24) is 0 Å². The third kappa shape index (κ3) is 2.67. The Morgan fingerprint density at radius 3 is 2.44 bits per heavy atom. The van der Waals surface area contributed by atoms with E-state index in [0.29, 0.717) is 12.4 Å². The predicted molar refractivity (Wildman–Crippen MR) is 76.1 cm³/mol. The highest BCUT2D eigenvalue weighted by atomic mass is 79.9. The van der Waals surface area contributed by atoms with Crippen molar-refractivity contribution in [1.29, 1.82) is 0 Å². The quantitative estimate of drug-likeness (QED) is 0.913. The molecule has 0 bridgehead atoms. The molecule has 0 spiro atoms. The van der Waals surface area contributed by atoms with Crippen LogP contribution in [0, 0.1) is 13.8 Å². The minimum Gasteiger partial charge on any atom is -0.504 e. The van der Waals surface area contributed by atoms with E-state index in [-0.39, 0.29) is 5.75 Å². The second-order valence-corrected chi connectivity index (χ2v) is 5.09. The summed E-state index contributed by atoms with van der Waals surface area (Å²) in [6, 6.07) is 11.6. The Morgan fingerprint density at radius 2 is 1.78 bits per heavy atom. The van der Waals surface area contributed by atoms with Gasteiger partial charge in [0.15, 0.2) is 11.5 Å². The molecular weight excluding hydrogens is 292 g/mol. The molecule has 0 saturated carbocycles. The van der Waals surface area contributed by atoms with Gasteiger partial charge in [-0.3, -0.25) is 0 Å². The van der Waals surface area contributed by atoms with Gasteiger partial charge >= 0.3 is 0 Å². The van der Waals surface area contributed by atoms with E-state index in [2.05, 4.69) is 15.9 Å². The van der Waals surface area contributed by atoms with E-state index in [4.69, 9.17) is 4.74 Å². The molecule has 94 valence electrons. The van der Waals surface area contributed by atoms with E-state index in [1.54, 1.807) is 6.07 Å². The van der Waals surface area contributed by atoms with E-state index < -0.39 is 0 Å². The smallest absolute Gasteiger partial charge is 0.164 e. The van der Waals surface area contributed by atoms with E-state index in [0.717, 1.165) is 21.2 Å². The normalized spacial score (nSPS) is 10.4. The van der Waals surface area contributed by atoms with Crippen molar-refractivity contribution in [3.05, 3.63) is 57.6 Å². The second kappa shape index (κ2) is 5.44. The lowest BCUT2D eigenvalue weighted by Crippen LogP contribution is -1.98. The largest absolute Gasteiger partial charge is 0.504 e. The van der Waals surface area contributed by atoms with Crippen molar-refractivity contribution >= 4 is 15.9 Å². The number of hydrogen-bond acceptors (Lipinski definition) is 2. The van der Waals surface area contributed by atoms with Gasteiger partial charge in [0, 0.05) is 4.47 Å². The van der Waals surface area contributed by atoms with Gasteiger partial charge in [-0.1, -0.05) is 46.3 Å². The Kier molecular flexibility index (Phi) is 3.92. The molecule has 0 aliphatic carbocycles. The van der Waals surface area contributed by atoms with Crippen molar-refractivity contribution in [2.75, 3.05) is 0 Å². The number of ether oxygens (including phenoxy) is 1. The number of benzene rings is 2. The maximum absolute atomic E-state index is 9.92. The second-order valence-electron chi connectivity index (χ2n) is 4.23. The van der Waals surface area contributed by atoms with Crippen LogP contribution >= 0.6 is 15.9 Å². The molecule has 3 heteroatoms. The molecule has 0 heterocycles. The summed E-state index contributed by atoms with van der Waals surface area (Å²) in [5.74, 6) is 0.723. The highest BCUT2D eigenvalue weighted by Crippen LogP contribution is 2.37. The van der Waals surface area contributed by atoms with Crippen molar-refractivity contribution in [2.45, 2.75) is 20.5 Å². The van der Waals surface area contributed by atoms with E-state index >= 15 is 0 Å². The molecule has 1 N–H and O–H groups in total. The lowest BCUT2D eigenvalue weighted by molar-refractivity contribution is 0.286. The van der Waals surface area contributed by atoms with Crippen LogP contribution in [-0.4, -0.2) is 5.11 Å². The number of phenolic OH excluding ortho intramolecular Hbond substituents is 1. The van der Waals surface area contributed by atoms with Gasteiger partial charge < -0.3 is 9.84 Å². The minimum atomic E-state index is 0.168. The summed E-state index contributed by atoms with van der Waals surface area (Å²) in [6.45, 7) is 4.39. The first kappa shape index (κ1) is 13.0. The summed E-state index contributed by atoms with van der Waals surface area (Å²) in [5, 5.41) is 9.92. The molecule has 0 saturated heterocycles. The number of halogens is 1. The Bertz CT molecular complexity index is 550. The zero-order valence-corrected chi connectivity index (χ0v) is 12.0. The van der Waals surface area contributed by atoms with Crippen molar-refractivity contribution < 1.29 is 9.84 Å². The van der Waals surface area contributed by atoms with Crippen molar-refractivity contribution in [3.8, 4) is 11.5 Å². The number of hydrogen-bond donors (Lipinski definition) is 1. The van der Waals surface area contributed by atoms with Crippen LogP contribution in [-0.2, 0) is 6.61 Å². The fraction of sp³-hybridized carbons (Fsp3) is 0.200. The minimum absolute atomic E-state index is 0.168. The zero-order chi connectivity index (χ0) is 13.1. The van der Waals surface area contributed by atoms with Crippen LogP contribution in [0.4, 0.5) is 0 Å². The molecule has 0 amide bonds. The number of phenols is 1. The van der Waals surface area contributed by atoms with E-state index in [1.165, 1.54) is 0 Å². The maximum atomic E-state index is 9.92. The van der Waals surface area contributed by atoms with Crippen LogP contribution in [0.15, 0.2) is 40.9 Å². The number of rotatable bonds is 3. The molecule has 0 aliphatic rings. The van der Waals surface area contributed by atoms with Gasteiger partial charge in [-0.2, -0.15) is 0 Å². The van der Waals surface area contributed by atoms with Gasteiger partial charge in [0.05, 0.1) is 0 Å². The van der Waals surface area contributed by atoms with E-state index in [1.807, 2.05) is 44.2 Å². The van der Waals surface area contributed by atoms with Crippen molar-refractivity contribution in [3.63, 3.8) is 0 Å². The maximum Gasteiger partial charge on any atom is 0.164 e. The van der Waals surface area contributed by atoms with Crippen LogP contribution in [0.2, 0.25) is 0 Å². The van der Waals surface area contributed by atoms with Crippen LogP contribution < -0.4 is 4.74 Å². The van der Waals surface area contributed by atoms with Crippen molar-refractivity contribution in [2.24, 2.45) is 0 Å². The molecule has 2 aromatic carbocycles. The molecular formula is C15H15BrO2. The lowest BCUT2D eigenvalue weighted by atomic mass is 10.1. The summed E-state index contributed by atoms with van der Waals surface area (Å²) in [5.41, 5.74) is 3.12. The molecule has 0 fully saturated rings. The van der Waals surface area contributed by atoms with E-state index in [9.17, 15) is 5.11 Å². The molecule has 0 radical (unpaired) electrons. The van der Waals surface area contributed by atoms with Crippen LogP contribution in [0.5, 0.6) is 11.5 Å². The number of aromatic hydroxyl groups is 1. The average Bonchev–Trinajstić information content (AvgIpc) is 2.37. The van der Waals surface area contributed by atoms with Gasteiger partial charge in [-0.25, -0.2) is 0 Å².